The van der Waals surface area contributed by atoms with Crippen molar-refractivity contribution in [2.45, 2.75) is 84.8 Å². The van der Waals surface area contributed by atoms with Crippen LogP contribution >= 0.6 is 0 Å². The summed E-state index contributed by atoms with van der Waals surface area (Å²) in [5.74, 6) is 0.314. The molecule has 2 aliphatic rings. The SMILES string of the molecule is CCCC1NC(=O)C(C(C)C)N(C2CCCC2(C)C)C1=O. The molecular weight excluding hydrogens is 264 g/mol. The van der Waals surface area contributed by atoms with E-state index in [9.17, 15) is 9.59 Å². The van der Waals surface area contributed by atoms with E-state index in [-0.39, 0.29) is 41.3 Å². The zero-order chi connectivity index (χ0) is 15.8. The van der Waals surface area contributed by atoms with Gasteiger partial charge >= 0.3 is 0 Å². The summed E-state index contributed by atoms with van der Waals surface area (Å²) in [5, 5.41) is 2.95. The number of amides is 2. The monoisotopic (exact) mass is 294 g/mol. The highest BCUT2D eigenvalue weighted by Crippen LogP contribution is 2.42. The van der Waals surface area contributed by atoms with Gasteiger partial charge in [-0.25, -0.2) is 0 Å². The molecule has 3 atom stereocenters. The van der Waals surface area contributed by atoms with E-state index in [0.29, 0.717) is 0 Å². The lowest BCUT2D eigenvalue weighted by molar-refractivity contribution is -0.156. The maximum Gasteiger partial charge on any atom is 0.246 e. The Morgan fingerprint density at radius 3 is 2.48 bits per heavy atom. The fraction of sp³-hybridized carbons (Fsp3) is 0.882. The van der Waals surface area contributed by atoms with Gasteiger partial charge in [-0.15, -0.1) is 0 Å². The maximum atomic E-state index is 13.0. The van der Waals surface area contributed by atoms with Crippen molar-refractivity contribution in [1.82, 2.24) is 10.2 Å². The Bertz CT molecular complexity index is 417. The largest absolute Gasteiger partial charge is 0.342 e. The molecule has 21 heavy (non-hydrogen) atoms. The Kier molecular flexibility index (Phi) is 4.64. The molecule has 2 fully saturated rings. The predicted octanol–water partition coefficient (Wildman–Crippen LogP) is 2.72. The van der Waals surface area contributed by atoms with E-state index in [4.69, 9.17) is 0 Å². The lowest BCUT2D eigenvalue weighted by atomic mass is 9.83. The summed E-state index contributed by atoms with van der Waals surface area (Å²) in [5.41, 5.74) is 0.108. The number of nitrogens with one attached hydrogen (secondary N) is 1. The van der Waals surface area contributed by atoms with Crippen molar-refractivity contribution in [1.29, 1.82) is 0 Å². The first-order chi connectivity index (χ1) is 9.79. The van der Waals surface area contributed by atoms with Gasteiger partial charge < -0.3 is 10.2 Å². The van der Waals surface area contributed by atoms with Crippen LogP contribution in [0.15, 0.2) is 0 Å². The van der Waals surface area contributed by atoms with Crippen molar-refractivity contribution >= 4 is 11.8 Å². The van der Waals surface area contributed by atoms with Gasteiger partial charge in [0, 0.05) is 6.04 Å². The zero-order valence-electron chi connectivity index (χ0n) is 14.1. The topological polar surface area (TPSA) is 49.4 Å². The zero-order valence-corrected chi connectivity index (χ0v) is 14.1. The molecule has 120 valence electrons. The van der Waals surface area contributed by atoms with E-state index in [1.807, 2.05) is 18.7 Å². The standard InChI is InChI=1S/C17H30N2O2/c1-6-8-12-16(21)19(13-9-7-10-17(13,4)5)14(11(2)3)15(20)18-12/h11-14H,6-10H2,1-5H3,(H,18,20). The summed E-state index contributed by atoms with van der Waals surface area (Å²) in [7, 11) is 0. The lowest BCUT2D eigenvalue weighted by Gasteiger charge is -2.47. The Balaban J connectivity index is 2.34. The highest BCUT2D eigenvalue weighted by Gasteiger charge is 2.49. The average molecular weight is 294 g/mol. The smallest absolute Gasteiger partial charge is 0.246 e. The number of rotatable bonds is 4. The minimum absolute atomic E-state index is 0.0331. The van der Waals surface area contributed by atoms with Gasteiger partial charge in [0.1, 0.15) is 12.1 Å². The summed E-state index contributed by atoms with van der Waals surface area (Å²) in [6.07, 6.45) is 4.94. The third-order valence-electron chi connectivity index (χ3n) is 5.18. The quantitative estimate of drug-likeness (QED) is 0.866. The van der Waals surface area contributed by atoms with Gasteiger partial charge in [0.2, 0.25) is 11.8 Å². The van der Waals surface area contributed by atoms with Crippen molar-refractivity contribution in [3.05, 3.63) is 0 Å². The third kappa shape index (κ3) is 2.95. The molecular formula is C17H30N2O2. The summed E-state index contributed by atoms with van der Waals surface area (Å²) < 4.78 is 0. The number of piperazine rings is 1. The van der Waals surface area contributed by atoms with E-state index >= 15 is 0 Å². The van der Waals surface area contributed by atoms with Crippen LogP contribution in [0.1, 0.15) is 66.7 Å². The fourth-order valence-electron chi connectivity index (χ4n) is 4.04. The van der Waals surface area contributed by atoms with E-state index in [2.05, 4.69) is 26.1 Å². The van der Waals surface area contributed by atoms with Crippen molar-refractivity contribution < 1.29 is 9.59 Å². The second-order valence-electron chi connectivity index (χ2n) is 7.68. The Morgan fingerprint density at radius 2 is 2.00 bits per heavy atom. The van der Waals surface area contributed by atoms with Crippen molar-refractivity contribution in [2.75, 3.05) is 0 Å². The predicted molar refractivity (Wildman–Crippen MR) is 83.7 cm³/mol. The molecule has 2 rings (SSSR count). The van der Waals surface area contributed by atoms with Crippen LogP contribution in [0.25, 0.3) is 0 Å². The Morgan fingerprint density at radius 1 is 1.33 bits per heavy atom. The lowest BCUT2D eigenvalue weighted by Crippen LogP contribution is -2.68. The molecule has 1 N–H and O–H groups in total. The summed E-state index contributed by atoms with van der Waals surface area (Å²) >= 11 is 0. The van der Waals surface area contributed by atoms with Gasteiger partial charge in [-0.3, -0.25) is 9.59 Å². The van der Waals surface area contributed by atoms with E-state index in [1.165, 1.54) is 0 Å². The van der Waals surface area contributed by atoms with Crippen LogP contribution in [-0.2, 0) is 9.59 Å². The molecule has 4 nitrogen and oxygen atoms in total. The maximum absolute atomic E-state index is 13.0. The average Bonchev–Trinajstić information content (AvgIpc) is 2.72. The molecule has 0 radical (unpaired) electrons. The van der Waals surface area contributed by atoms with Crippen LogP contribution in [0.5, 0.6) is 0 Å². The van der Waals surface area contributed by atoms with E-state index < -0.39 is 0 Å². The molecule has 4 heteroatoms. The summed E-state index contributed by atoms with van der Waals surface area (Å²) in [6.45, 7) is 10.6. The second kappa shape index (κ2) is 5.98. The fourth-order valence-corrected chi connectivity index (χ4v) is 4.04. The van der Waals surface area contributed by atoms with Crippen LogP contribution in [0.4, 0.5) is 0 Å². The molecule has 1 saturated heterocycles. The van der Waals surface area contributed by atoms with Crippen molar-refractivity contribution in [3.8, 4) is 0 Å². The molecule has 2 amide bonds. The van der Waals surface area contributed by atoms with Crippen LogP contribution in [0, 0.1) is 11.3 Å². The third-order valence-corrected chi connectivity index (χ3v) is 5.18. The number of carbonyl (C=O) groups excluding carboxylic acids is 2. The number of hydrogen-bond acceptors (Lipinski definition) is 2. The van der Waals surface area contributed by atoms with Gasteiger partial charge in [0.05, 0.1) is 0 Å². The first-order valence-corrected chi connectivity index (χ1v) is 8.42. The van der Waals surface area contributed by atoms with Crippen LogP contribution in [-0.4, -0.2) is 34.8 Å². The Labute approximate surface area is 128 Å². The van der Waals surface area contributed by atoms with E-state index in [0.717, 1.165) is 32.1 Å². The van der Waals surface area contributed by atoms with Gasteiger partial charge in [-0.05, 0) is 30.6 Å². The van der Waals surface area contributed by atoms with Gasteiger partial charge in [-0.1, -0.05) is 47.5 Å². The molecule has 0 aromatic heterocycles. The van der Waals surface area contributed by atoms with Crippen LogP contribution in [0.3, 0.4) is 0 Å². The number of carbonyl (C=O) groups is 2. The number of hydrogen-bond donors (Lipinski definition) is 1. The molecule has 0 spiro atoms. The first kappa shape index (κ1) is 16.3. The molecule has 0 aromatic carbocycles. The molecule has 3 unspecified atom stereocenters. The Hall–Kier alpha value is -1.06. The highest BCUT2D eigenvalue weighted by molar-refractivity contribution is 5.97. The highest BCUT2D eigenvalue weighted by atomic mass is 16.2. The molecule has 0 aromatic rings. The first-order valence-electron chi connectivity index (χ1n) is 8.42. The summed E-state index contributed by atoms with van der Waals surface area (Å²) in [6, 6.07) is -0.440. The van der Waals surface area contributed by atoms with Crippen molar-refractivity contribution in [3.63, 3.8) is 0 Å². The van der Waals surface area contributed by atoms with Crippen molar-refractivity contribution in [2.24, 2.45) is 11.3 Å². The van der Waals surface area contributed by atoms with Crippen LogP contribution in [0.2, 0.25) is 0 Å². The molecule has 1 aliphatic heterocycles. The molecule has 1 heterocycles. The van der Waals surface area contributed by atoms with E-state index in [1.54, 1.807) is 0 Å². The molecule has 1 saturated carbocycles. The summed E-state index contributed by atoms with van der Waals surface area (Å²) in [4.78, 5) is 27.5. The molecule has 0 bridgehead atoms. The second-order valence-corrected chi connectivity index (χ2v) is 7.68. The minimum atomic E-state index is -0.325. The molecule has 1 aliphatic carbocycles. The van der Waals surface area contributed by atoms with Gasteiger partial charge in [-0.2, -0.15) is 0 Å². The minimum Gasteiger partial charge on any atom is -0.342 e. The van der Waals surface area contributed by atoms with Crippen LogP contribution < -0.4 is 5.32 Å². The van der Waals surface area contributed by atoms with Gasteiger partial charge in [0.25, 0.3) is 0 Å². The normalized spacial score (nSPS) is 32.7. The van der Waals surface area contributed by atoms with Gasteiger partial charge in [0.15, 0.2) is 0 Å². The number of nitrogens with zero attached hydrogens (tertiary/aromatic N) is 1.